The van der Waals surface area contributed by atoms with Gasteiger partial charge in [0.25, 0.3) is 0 Å². The summed E-state index contributed by atoms with van der Waals surface area (Å²) in [5, 5.41) is 0. The average molecular weight is 372 g/mol. The Bertz CT molecular complexity index is 372. The molecule has 0 fully saturated rings. The molecule has 0 N–H and O–H groups in total. The Morgan fingerprint density at radius 2 is 1.00 bits per heavy atom. The molecule has 0 amide bonds. The Morgan fingerprint density at radius 1 is 0.583 bits per heavy atom. The van der Waals surface area contributed by atoms with Crippen molar-refractivity contribution in [1.29, 1.82) is 0 Å². The molecule has 0 aromatic heterocycles. The number of alkyl halides is 9. The summed E-state index contributed by atoms with van der Waals surface area (Å²) < 4.78 is 113. The molecule has 0 saturated carbocycles. The van der Waals surface area contributed by atoms with E-state index < -0.39 is 36.8 Å². The van der Waals surface area contributed by atoms with Crippen LogP contribution in [0.25, 0.3) is 0 Å². The second kappa shape index (κ2) is 8.99. The first-order valence-electron chi connectivity index (χ1n) is 7.62. The van der Waals surface area contributed by atoms with Gasteiger partial charge in [-0.05, 0) is 19.3 Å². The normalized spacial score (nSPS) is 14.0. The van der Waals surface area contributed by atoms with Crippen LogP contribution in [0.4, 0.5) is 39.5 Å². The summed E-state index contributed by atoms with van der Waals surface area (Å²) in [6.45, 7) is 3.54. The van der Waals surface area contributed by atoms with Gasteiger partial charge in [0, 0.05) is 6.42 Å². The third-order valence-electron chi connectivity index (χ3n) is 3.61. The van der Waals surface area contributed by atoms with E-state index in [0.29, 0.717) is 12.8 Å². The highest BCUT2D eigenvalue weighted by molar-refractivity contribution is 5.00. The molecular weight excluding hydrogens is 351 g/mol. The molecular formula is C15H21F9. The summed E-state index contributed by atoms with van der Waals surface area (Å²) in [6, 6.07) is 0. The van der Waals surface area contributed by atoms with Gasteiger partial charge in [0.05, 0.1) is 0 Å². The second-order valence-corrected chi connectivity index (χ2v) is 5.65. The van der Waals surface area contributed by atoms with E-state index in [0.717, 1.165) is 25.7 Å². The van der Waals surface area contributed by atoms with E-state index in [4.69, 9.17) is 0 Å². The molecule has 144 valence electrons. The van der Waals surface area contributed by atoms with E-state index in [2.05, 4.69) is 6.58 Å². The van der Waals surface area contributed by atoms with E-state index in [1.54, 1.807) is 6.08 Å². The zero-order valence-electron chi connectivity index (χ0n) is 13.1. The van der Waals surface area contributed by atoms with Crippen LogP contribution in [-0.2, 0) is 0 Å². The minimum Gasteiger partial charge on any atom is -0.200 e. The smallest absolute Gasteiger partial charge is 0.200 e. The van der Waals surface area contributed by atoms with Gasteiger partial charge < -0.3 is 0 Å². The number of hydrogen-bond donors (Lipinski definition) is 0. The highest BCUT2D eigenvalue weighted by Crippen LogP contribution is 2.54. The van der Waals surface area contributed by atoms with Gasteiger partial charge in [-0.25, -0.2) is 0 Å². The summed E-state index contributed by atoms with van der Waals surface area (Å²) in [5.74, 6) is -18.7. The van der Waals surface area contributed by atoms with Crippen molar-refractivity contribution in [1.82, 2.24) is 0 Å². The lowest BCUT2D eigenvalue weighted by Gasteiger charge is -2.33. The van der Waals surface area contributed by atoms with E-state index >= 15 is 0 Å². The van der Waals surface area contributed by atoms with Crippen molar-refractivity contribution in [2.24, 2.45) is 0 Å². The van der Waals surface area contributed by atoms with E-state index in [1.165, 1.54) is 0 Å². The van der Waals surface area contributed by atoms with Crippen LogP contribution in [0.15, 0.2) is 12.7 Å². The van der Waals surface area contributed by atoms with Gasteiger partial charge in [-0.15, -0.1) is 6.58 Å². The molecule has 0 nitrogen and oxygen atoms in total. The van der Waals surface area contributed by atoms with Crippen LogP contribution in [0, 0.1) is 0 Å². The molecule has 0 atom stereocenters. The number of halogens is 9. The molecule has 24 heavy (non-hydrogen) atoms. The van der Waals surface area contributed by atoms with Crippen molar-refractivity contribution >= 4 is 0 Å². The van der Waals surface area contributed by atoms with Crippen LogP contribution < -0.4 is 0 Å². The number of rotatable bonds is 12. The third kappa shape index (κ3) is 5.88. The van der Waals surface area contributed by atoms with Gasteiger partial charge in [0.2, 0.25) is 0 Å². The van der Waals surface area contributed by atoms with Crippen molar-refractivity contribution in [2.45, 2.75) is 81.7 Å². The highest BCUT2D eigenvalue weighted by Gasteiger charge is 2.81. The predicted octanol–water partition coefficient (Wildman–Crippen LogP) is 7.15. The van der Waals surface area contributed by atoms with Gasteiger partial charge in [0.15, 0.2) is 0 Å². The molecule has 0 unspecified atom stereocenters. The van der Waals surface area contributed by atoms with Gasteiger partial charge in [-0.3, -0.25) is 0 Å². The monoisotopic (exact) mass is 372 g/mol. The van der Waals surface area contributed by atoms with Crippen LogP contribution in [0.2, 0.25) is 0 Å². The van der Waals surface area contributed by atoms with Crippen LogP contribution in [0.3, 0.4) is 0 Å². The fourth-order valence-corrected chi connectivity index (χ4v) is 2.08. The molecule has 0 aromatic rings. The Balaban J connectivity index is 4.32. The SMILES string of the molecule is C=CCCCCCCCCCC(F)(F)C(F)(F)C(F)(F)C(F)(F)F. The zero-order chi connectivity index (χ0) is 19.1. The highest BCUT2D eigenvalue weighted by atomic mass is 19.4. The van der Waals surface area contributed by atoms with Crippen LogP contribution in [-0.4, -0.2) is 23.9 Å². The maximum absolute atomic E-state index is 13.2. The number of allylic oxidation sites excluding steroid dienone is 1. The maximum Gasteiger partial charge on any atom is 0.460 e. The summed E-state index contributed by atoms with van der Waals surface area (Å²) >= 11 is 0. The molecule has 0 bridgehead atoms. The van der Waals surface area contributed by atoms with Crippen molar-refractivity contribution in [3.05, 3.63) is 12.7 Å². The number of unbranched alkanes of at least 4 members (excludes halogenated alkanes) is 7. The Hall–Kier alpha value is -0.890. The molecule has 0 rings (SSSR count). The quantitative estimate of drug-likeness (QED) is 0.194. The lowest BCUT2D eigenvalue weighted by Crippen LogP contribution is -2.60. The summed E-state index contributed by atoms with van der Waals surface area (Å²) in [6.07, 6.45) is -2.69. The van der Waals surface area contributed by atoms with Crippen molar-refractivity contribution in [3.8, 4) is 0 Å². The largest absolute Gasteiger partial charge is 0.460 e. The summed E-state index contributed by atoms with van der Waals surface area (Å²) in [7, 11) is 0. The molecule has 0 radical (unpaired) electrons. The first kappa shape index (κ1) is 23.1. The zero-order valence-corrected chi connectivity index (χ0v) is 13.1. The minimum atomic E-state index is -6.78. The molecule has 0 spiro atoms. The molecule has 0 aliphatic rings. The fourth-order valence-electron chi connectivity index (χ4n) is 2.08. The van der Waals surface area contributed by atoms with Gasteiger partial charge >= 0.3 is 23.9 Å². The second-order valence-electron chi connectivity index (χ2n) is 5.65. The average Bonchev–Trinajstić information content (AvgIpc) is 2.43. The van der Waals surface area contributed by atoms with E-state index in [9.17, 15) is 39.5 Å². The minimum absolute atomic E-state index is 0.0602. The fraction of sp³-hybridized carbons (Fsp3) is 0.867. The van der Waals surface area contributed by atoms with Crippen molar-refractivity contribution in [3.63, 3.8) is 0 Å². The van der Waals surface area contributed by atoms with E-state index in [-0.39, 0.29) is 6.42 Å². The lowest BCUT2D eigenvalue weighted by molar-refractivity contribution is -0.396. The third-order valence-corrected chi connectivity index (χ3v) is 3.61. The van der Waals surface area contributed by atoms with Gasteiger partial charge in [0.1, 0.15) is 0 Å². The van der Waals surface area contributed by atoms with Crippen molar-refractivity contribution < 1.29 is 39.5 Å². The molecule has 0 aliphatic carbocycles. The van der Waals surface area contributed by atoms with E-state index in [1.807, 2.05) is 0 Å². The van der Waals surface area contributed by atoms with Gasteiger partial charge in [-0.2, -0.15) is 39.5 Å². The number of hydrogen-bond acceptors (Lipinski definition) is 0. The first-order valence-corrected chi connectivity index (χ1v) is 7.62. The molecule has 0 aliphatic heterocycles. The molecule has 0 heterocycles. The Morgan fingerprint density at radius 3 is 1.42 bits per heavy atom. The van der Waals surface area contributed by atoms with Crippen LogP contribution >= 0.6 is 0 Å². The molecule has 0 saturated heterocycles. The standard InChI is InChI=1S/C15H21F9/c1-2-3-4-5-6-7-8-9-10-11-12(16,17)13(18,19)14(20,21)15(22,23)24/h2H,1,3-11H2. The summed E-state index contributed by atoms with van der Waals surface area (Å²) in [5.41, 5.74) is 0. The van der Waals surface area contributed by atoms with Gasteiger partial charge in [-0.1, -0.05) is 38.2 Å². The van der Waals surface area contributed by atoms with Crippen molar-refractivity contribution in [2.75, 3.05) is 0 Å². The molecule has 9 heteroatoms. The lowest BCUT2D eigenvalue weighted by atomic mass is 9.97. The predicted molar refractivity (Wildman–Crippen MR) is 72.6 cm³/mol. The Labute approximate surface area is 135 Å². The first-order chi connectivity index (χ1) is 10.8. The summed E-state index contributed by atoms with van der Waals surface area (Å²) in [4.78, 5) is 0. The molecule has 0 aromatic carbocycles. The maximum atomic E-state index is 13.2. The van der Waals surface area contributed by atoms with Crippen LogP contribution in [0.5, 0.6) is 0 Å². The topological polar surface area (TPSA) is 0 Å². The Kier molecular flexibility index (Phi) is 8.65. The van der Waals surface area contributed by atoms with Crippen LogP contribution in [0.1, 0.15) is 57.8 Å².